The first-order valence-corrected chi connectivity index (χ1v) is 4.85. The van der Waals surface area contributed by atoms with Gasteiger partial charge in [0.05, 0.1) is 0 Å². The van der Waals surface area contributed by atoms with E-state index in [-0.39, 0.29) is 11.4 Å². The van der Waals surface area contributed by atoms with Crippen molar-refractivity contribution in [3.05, 3.63) is 11.6 Å². The predicted molar refractivity (Wildman–Crippen MR) is 54.4 cm³/mol. The smallest absolute Gasteiger partial charge is 0.220 e. The molecule has 2 heteroatoms. The molecule has 1 N–H and O–H groups in total. The number of carbonyl (C=O) groups excluding carboxylic acids is 1. The number of amides is 1. The second-order valence-electron chi connectivity index (χ2n) is 4.84. The van der Waals surface area contributed by atoms with Gasteiger partial charge >= 0.3 is 0 Å². The highest BCUT2D eigenvalue weighted by Crippen LogP contribution is 2.26. The SMILES string of the molecule is CC(C)=CC1CC(=O)NC(C)(C)C1. The van der Waals surface area contributed by atoms with Crippen LogP contribution in [0.1, 0.15) is 40.5 Å². The van der Waals surface area contributed by atoms with E-state index in [1.165, 1.54) is 5.57 Å². The van der Waals surface area contributed by atoms with Gasteiger partial charge in [0.2, 0.25) is 5.91 Å². The number of rotatable bonds is 1. The van der Waals surface area contributed by atoms with E-state index >= 15 is 0 Å². The number of piperidine rings is 1. The molecule has 1 unspecified atom stereocenters. The summed E-state index contributed by atoms with van der Waals surface area (Å²) in [6, 6.07) is 0. The van der Waals surface area contributed by atoms with Crippen LogP contribution in [0.25, 0.3) is 0 Å². The summed E-state index contributed by atoms with van der Waals surface area (Å²) in [7, 11) is 0. The summed E-state index contributed by atoms with van der Waals surface area (Å²) >= 11 is 0. The van der Waals surface area contributed by atoms with Crippen molar-refractivity contribution in [2.45, 2.75) is 46.1 Å². The summed E-state index contributed by atoms with van der Waals surface area (Å²) in [6.45, 7) is 8.32. The Bertz CT molecular complexity index is 236. The molecule has 0 spiro atoms. The lowest BCUT2D eigenvalue weighted by Crippen LogP contribution is -2.49. The Labute approximate surface area is 80.4 Å². The quantitative estimate of drug-likeness (QED) is 0.618. The maximum atomic E-state index is 11.3. The van der Waals surface area contributed by atoms with Crippen LogP contribution in [-0.2, 0) is 4.79 Å². The first-order chi connectivity index (χ1) is 5.89. The zero-order valence-electron chi connectivity index (χ0n) is 8.98. The van der Waals surface area contributed by atoms with Crippen LogP contribution in [0.4, 0.5) is 0 Å². The molecule has 13 heavy (non-hydrogen) atoms. The summed E-state index contributed by atoms with van der Waals surface area (Å²) in [5.74, 6) is 0.604. The van der Waals surface area contributed by atoms with Gasteiger partial charge in [-0.2, -0.15) is 0 Å². The fourth-order valence-corrected chi connectivity index (χ4v) is 2.03. The maximum absolute atomic E-state index is 11.3. The molecule has 0 aliphatic carbocycles. The van der Waals surface area contributed by atoms with Crippen LogP contribution in [0.5, 0.6) is 0 Å². The van der Waals surface area contributed by atoms with Gasteiger partial charge in [-0.1, -0.05) is 11.6 Å². The number of allylic oxidation sites excluding steroid dienone is 2. The van der Waals surface area contributed by atoms with E-state index in [4.69, 9.17) is 0 Å². The number of hydrogen-bond donors (Lipinski definition) is 1. The molecule has 0 saturated carbocycles. The van der Waals surface area contributed by atoms with Gasteiger partial charge in [-0.3, -0.25) is 4.79 Å². The number of carbonyl (C=O) groups is 1. The fraction of sp³-hybridized carbons (Fsp3) is 0.727. The van der Waals surface area contributed by atoms with E-state index < -0.39 is 0 Å². The molecule has 1 atom stereocenters. The van der Waals surface area contributed by atoms with Crippen LogP contribution in [0.15, 0.2) is 11.6 Å². The molecule has 0 bridgehead atoms. The van der Waals surface area contributed by atoms with Gasteiger partial charge in [0.1, 0.15) is 0 Å². The van der Waals surface area contributed by atoms with Crippen molar-refractivity contribution < 1.29 is 4.79 Å². The Kier molecular flexibility index (Phi) is 2.79. The average molecular weight is 181 g/mol. The maximum Gasteiger partial charge on any atom is 0.220 e. The first kappa shape index (κ1) is 10.3. The molecule has 0 aromatic rings. The van der Waals surface area contributed by atoms with E-state index in [2.05, 4.69) is 39.1 Å². The van der Waals surface area contributed by atoms with Gasteiger partial charge in [-0.15, -0.1) is 0 Å². The van der Waals surface area contributed by atoms with Crippen LogP contribution < -0.4 is 5.32 Å². The minimum absolute atomic E-state index is 0.0358. The highest BCUT2D eigenvalue weighted by atomic mass is 16.1. The van der Waals surface area contributed by atoms with Crippen molar-refractivity contribution in [3.63, 3.8) is 0 Å². The monoisotopic (exact) mass is 181 g/mol. The van der Waals surface area contributed by atoms with Crippen LogP contribution >= 0.6 is 0 Å². The molecule has 2 nitrogen and oxygen atoms in total. The van der Waals surface area contributed by atoms with Crippen molar-refractivity contribution in [1.29, 1.82) is 0 Å². The van der Waals surface area contributed by atoms with Crippen molar-refractivity contribution in [1.82, 2.24) is 5.32 Å². The molecule has 1 aliphatic heterocycles. The lowest BCUT2D eigenvalue weighted by Gasteiger charge is -2.35. The first-order valence-electron chi connectivity index (χ1n) is 4.85. The molecule has 1 amide bonds. The molecule has 1 fully saturated rings. The van der Waals surface area contributed by atoms with Crippen molar-refractivity contribution >= 4 is 5.91 Å². The summed E-state index contributed by atoms with van der Waals surface area (Å²) in [4.78, 5) is 11.3. The van der Waals surface area contributed by atoms with E-state index in [1.54, 1.807) is 0 Å². The largest absolute Gasteiger partial charge is 0.351 e. The van der Waals surface area contributed by atoms with E-state index in [0.29, 0.717) is 12.3 Å². The average Bonchev–Trinajstić information content (AvgIpc) is 1.78. The van der Waals surface area contributed by atoms with Crippen LogP contribution in [0.3, 0.4) is 0 Å². The predicted octanol–water partition coefficient (Wildman–Crippen LogP) is 2.26. The van der Waals surface area contributed by atoms with Gasteiger partial charge < -0.3 is 5.32 Å². The van der Waals surface area contributed by atoms with Crippen LogP contribution in [-0.4, -0.2) is 11.4 Å². The Balaban J connectivity index is 2.69. The zero-order chi connectivity index (χ0) is 10.1. The molecular weight excluding hydrogens is 162 g/mol. The topological polar surface area (TPSA) is 29.1 Å². The minimum atomic E-state index is -0.0358. The third-order valence-corrected chi connectivity index (χ3v) is 2.27. The van der Waals surface area contributed by atoms with Gasteiger partial charge in [0, 0.05) is 12.0 Å². The Morgan fingerprint density at radius 2 is 2.15 bits per heavy atom. The standard InChI is InChI=1S/C11H19NO/c1-8(2)5-9-6-10(13)12-11(3,4)7-9/h5,9H,6-7H2,1-4H3,(H,12,13). The van der Waals surface area contributed by atoms with Gasteiger partial charge in [0.15, 0.2) is 0 Å². The Hall–Kier alpha value is -0.790. The third-order valence-electron chi connectivity index (χ3n) is 2.27. The summed E-state index contributed by atoms with van der Waals surface area (Å²) in [5.41, 5.74) is 1.27. The zero-order valence-corrected chi connectivity index (χ0v) is 8.98. The third kappa shape index (κ3) is 3.21. The molecule has 1 aliphatic rings. The van der Waals surface area contributed by atoms with Gasteiger partial charge in [-0.05, 0) is 40.0 Å². The molecule has 1 rings (SSSR count). The highest BCUT2D eigenvalue weighted by Gasteiger charge is 2.30. The van der Waals surface area contributed by atoms with Gasteiger partial charge in [0.25, 0.3) is 0 Å². The van der Waals surface area contributed by atoms with Crippen LogP contribution in [0, 0.1) is 5.92 Å². The molecule has 1 saturated heterocycles. The Morgan fingerprint density at radius 3 is 2.62 bits per heavy atom. The fourth-order valence-electron chi connectivity index (χ4n) is 2.03. The second kappa shape index (κ2) is 3.52. The lowest BCUT2D eigenvalue weighted by molar-refractivity contribution is -0.125. The van der Waals surface area contributed by atoms with Crippen LogP contribution in [0.2, 0.25) is 0 Å². The molecule has 74 valence electrons. The van der Waals surface area contributed by atoms with E-state index in [1.807, 2.05) is 0 Å². The lowest BCUT2D eigenvalue weighted by atomic mass is 9.83. The molecule has 1 heterocycles. The molecule has 0 aromatic carbocycles. The van der Waals surface area contributed by atoms with Crippen molar-refractivity contribution in [2.24, 2.45) is 5.92 Å². The van der Waals surface area contributed by atoms with Crippen molar-refractivity contribution in [2.75, 3.05) is 0 Å². The highest BCUT2D eigenvalue weighted by molar-refractivity contribution is 5.78. The second-order valence-corrected chi connectivity index (χ2v) is 4.84. The normalized spacial score (nSPS) is 26.5. The molecule has 0 radical (unpaired) electrons. The Morgan fingerprint density at radius 1 is 1.54 bits per heavy atom. The number of hydrogen-bond acceptors (Lipinski definition) is 1. The number of nitrogens with one attached hydrogen (secondary N) is 1. The summed E-state index contributed by atoms with van der Waals surface area (Å²) in [5, 5.41) is 2.99. The van der Waals surface area contributed by atoms with E-state index in [9.17, 15) is 4.79 Å². The summed E-state index contributed by atoms with van der Waals surface area (Å²) in [6.07, 6.45) is 3.90. The van der Waals surface area contributed by atoms with Crippen molar-refractivity contribution in [3.8, 4) is 0 Å². The van der Waals surface area contributed by atoms with Gasteiger partial charge in [-0.25, -0.2) is 0 Å². The molecular formula is C11H19NO. The molecule has 0 aromatic heterocycles. The van der Waals surface area contributed by atoms with E-state index in [0.717, 1.165) is 6.42 Å². The summed E-state index contributed by atoms with van der Waals surface area (Å²) < 4.78 is 0. The minimum Gasteiger partial charge on any atom is -0.351 e.